The third-order valence-corrected chi connectivity index (χ3v) is 2.19. The zero-order valence-electron chi connectivity index (χ0n) is 9.54. The van der Waals surface area contributed by atoms with Gasteiger partial charge in [-0.15, -0.1) is 0 Å². The first-order valence-electron chi connectivity index (χ1n) is 5.60. The number of ether oxygens (including phenoxy) is 2. The first-order chi connectivity index (χ1) is 8.45. The summed E-state index contributed by atoms with van der Waals surface area (Å²) in [6.45, 7) is 1.80. The van der Waals surface area contributed by atoms with Crippen LogP contribution in [0, 0.1) is 0 Å². The Balaban J connectivity index is 1.52. The van der Waals surface area contributed by atoms with Crippen LogP contribution in [0.25, 0.3) is 0 Å². The Morgan fingerprint density at radius 1 is 1.06 bits per heavy atom. The van der Waals surface area contributed by atoms with Gasteiger partial charge in [0.25, 0.3) is 0 Å². The van der Waals surface area contributed by atoms with E-state index < -0.39 is 0 Å². The third-order valence-electron chi connectivity index (χ3n) is 2.19. The molecule has 0 aliphatic carbocycles. The van der Waals surface area contributed by atoms with Crippen molar-refractivity contribution in [3.8, 4) is 5.75 Å². The van der Waals surface area contributed by atoms with Crippen LogP contribution in [-0.2, 0) is 11.3 Å². The van der Waals surface area contributed by atoms with E-state index in [1.54, 1.807) is 6.07 Å². The van der Waals surface area contributed by atoms with Crippen molar-refractivity contribution in [1.29, 1.82) is 0 Å². The average molecular weight is 233 g/mol. The molecule has 1 aromatic carbocycles. The van der Waals surface area contributed by atoms with Crippen molar-refractivity contribution in [2.24, 2.45) is 0 Å². The number of aromatic nitrogens is 1. The molecular formula is C13H15NO3. The topological polar surface area (TPSA) is 44.5 Å². The summed E-state index contributed by atoms with van der Waals surface area (Å²) in [4.78, 5) is 0. The summed E-state index contributed by atoms with van der Waals surface area (Å²) in [5.74, 6) is 0.893. The summed E-state index contributed by atoms with van der Waals surface area (Å²) in [5, 5.41) is 3.75. The number of para-hydroxylation sites is 1. The Morgan fingerprint density at radius 3 is 2.71 bits per heavy atom. The molecule has 0 aliphatic heterocycles. The van der Waals surface area contributed by atoms with Crippen molar-refractivity contribution in [2.45, 2.75) is 13.0 Å². The highest BCUT2D eigenvalue weighted by atomic mass is 16.5. The molecular weight excluding hydrogens is 218 g/mol. The first kappa shape index (κ1) is 11.7. The summed E-state index contributed by atoms with van der Waals surface area (Å²) in [5.41, 5.74) is 0.814. The maximum Gasteiger partial charge on any atom is 0.124 e. The van der Waals surface area contributed by atoms with E-state index in [4.69, 9.17) is 14.0 Å². The van der Waals surface area contributed by atoms with Crippen LogP contribution in [0.1, 0.15) is 12.1 Å². The SMILES string of the molecule is c1ccc(OCCCOCc2ccon2)cc1. The number of benzene rings is 1. The zero-order valence-corrected chi connectivity index (χ0v) is 9.54. The van der Waals surface area contributed by atoms with E-state index in [1.165, 1.54) is 6.26 Å². The highest BCUT2D eigenvalue weighted by molar-refractivity contribution is 5.20. The lowest BCUT2D eigenvalue weighted by Gasteiger charge is -2.05. The van der Waals surface area contributed by atoms with Crippen LogP contribution in [0.4, 0.5) is 0 Å². The molecule has 2 rings (SSSR count). The van der Waals surface area contributed by atoms with Crippen LogP contribution >= 0.6 is 0 Å². The highest BCUT2D eigenvalue weighted by Crippen LogP contribution is 2.08. The van der Waals surface area contributed by atoms with Gasteiger partial charge in [0.1, 0.15) is 17.7 Å². The maximum absolute atomic E-state index is 5.53. The summed E-state index contributed by atoms with van der Waals surface area (Å²) in [6, 6.07) is 11.5. The second kappa shape index (κ2) is 6.70. The van der Waals surface area contributed by atoms with E-state index in [9.17, 15) is 0 Å². The fourth-order valence-corrected chi connectivity index (χ4v) is 1.36. The Labute approximate surface area is 100 Å². The largest absolute Gasteiger partial charge is 0.494 e. The van der Waals surface area contributed by atoms with E-state index in [2.05, 4.69) is 5.16 Å². The van der Waals surface area contributed by atoms with Gasteiger partial charge in [-0.05, 0) is 12.1 Å². The third kappa shape index (κ3) is 4.28. The Bertz CT molecular complexity index is 400. The van der Waals surface area contributed by atoms with Gasteiger partial charge in [-0.1, -0.05) is 23.4 Å². The minimum Gasteiger partial charge on any atom is -0.494 e. The number of hydrogen-bond donors (Lipinski definition) is 0. The molecule has 1 heterocycles. The van der Waals surface area contributed by atoms with Crippen molar-refractivity contribution in [3.63, 3.8) is 0 Å². The van der Waals surface area contributed by atoms with Crippen LogP contribution in [-0.4, -0.2) is 18.4 Å². The first-order valence-corrected chi connectivity index (χ1v) is 5.60. The van der Waals surface area contributed by atoms with Crippen LogP contribution < -0.4 is 4.74 Å². The van der Waals surface area contributed by atoms with Crippen molar-refractivity contribution in [2.75, 3.05) is 13.2 Å². The van der Waals surface area contributed by atoms with Crippen LogP contribution in [0.5, 0.6) is 5.75 Å². The summed E-state index contributed by atoms with van der Waals surface area (Å²) in [7, 11) is 0. The van der Waals surface area contributed by atoms with E-state index in [1.807, 2.05) is 30.3 Å². The molecule has 90 valence electrons. The monoisotopic (exact) mass is 233 g/mol. The minimum absolute atomic E-state index is 0.488. The Hall–Kier alpha value is -1.81. The van der Waals surface area contributed by atoms with E-state index in [-0.39, 0.29) is 0 Å². The zero-order chi connectivity index (χ0) is 11.8. The molecule has 0 N–H and O–H groups in total. The fourth-order valence-electron chi connectivity index (χ4n) is 1.36. The van der Waals surface area contributed by atoms with E-state index >= 15 is 0 Å². The molecule has 0 unspecified atom stereocenters. The molecule has 17 heavy (non-hydrogen) atoms. The molecule has 0 fully saturated rings. The predicted molar refractivity (Wildman–Crippen MR) is 62.7 cm³/mol. The molecule has 0 spiro atoms. The van der Waals surface area contributed by atoms with Gasteiger partial charge in [0.2, 0.25) is 0 Å². The van der Waals surface area contributed by atoms with Gasteiger partial charge in [0, 0.05) is 12.5 Å². The molecule has 4 nitrogen and oxygen atoms in total. The van der Waals surface area contributed by atoms with Gasteiger partial charge in [-0.25, -0.2) is 0 Å². The van der Waals surface area contributed by atoms with Gasteiger partial charge in [-0.2, -0.15) is 0 Å². The summed E-state index contributed by atoms with van der Waals surface area (Å²) >= 11 is 0. The fraction of sp³-hybridized carbons (Fsp3) is 0.308. The summed E-state index contributed by atoms with van der Waals surface area (Å²) < 4.78 is 15.6. The number of hydrogen-bond acceptors (Lipinski definition) is 4. The van der Waals surface area contributed by atoms with Crippen LogP contribution in [0.2, 0.25) is 0 Å². The molecule has 0 radical (unpaired) electrons. The lowest BCUT2D eigenvalue weighted by molar-refractivity contribution is 0.103. The lowest BCUT2D eigenvalue weighted by Crippen LogP contribution is -2.03. The van der Waals surface area contributed by atoms with Gasteiger partial charge in [-0.3, -0.25) is 0 Å². The molecule has 0 saturated carbocycles. The van der Waals surface area contributed by atoms with E-state index in [0.29, 0.717) is 19.8 Å². The van der Waals surface area contributed by atoms with Crippen LogP contribution in [0.3, 0.4) is 0 Å². The Kier molecular flexibility index (Phi) is 4.60. The predicted octanol–water partition coefficient (Wildman–Crippen LogP) is 2.66. The average Bonchev–Trinajstić information content (AvgIpc) is 2.88. The van der Waals surface area contributed by atoms with Crippen LogP contribution in [0.15, 0.2) is 47.2 Å². The number of nitrogens with zero attached hydrogens (tertiary/aromatic N) is 1. The van der Waals surface area contributed by atoms with Crippen molar-refractivity contribution in [3.05, 3.63) is 48.4 Å². The molecule has 0 atom stereocenters. The maximum atomic E-state index is 5.53. The molecule has 4 heteroatoms. The van der Waals surface area contributed by atoms with Gasteiger partial charge >= 0.3 is 0 Å². The molecule has 0 aliphatic rings. The van der Waals surface area contributed by atoms with E-state index in [0.717, 1.165) is 17.9 Å². The second-order valence-electron chi connectivity index (χ2n) is 3.56. The normalized spacial score (nSPS) is 10.4. The minimum atomic E-state index is 0.488. The van der Waals surface area contributed by atoms with Crippen molar-refractivity contribution < 1.29 is 14.0 Å². The lowest BCUT2D eigenvalue weighted by atomic mass is 10.3. The molecule has 0 saturated heterocycles. The highest BCUT2D eigenvalue weighted by Gasteiger charge is 1.96. The molecule has 0 bridgehead atoms. The van der Waals surface area contributed by atoms with Gasteiger partial charge < -0.3 is 14.0 Å². The molecule has 1 aromatic heterocycles. The van der Waals surface area contributed by atoms with Crippen molar-refractivity contribution >= 4 is 0 Å². The number of rotatable bonds is 7. The smallest absolute Gasteiger partial charge is 0.124 e. The molecule has 2 aromatic rings. The second-order valence-corrected chi connectivity index (χ2v) is 3.56. The standard InChI is InChI=1S/C13H15NO3/c1-2-5-13(6-3-1)16-9-4-8-15-11-12-7-10-17-14-12/h1-3,5-7,10H,4,8-9,11H2. The quantitative estimate of drug-likeness (QED) is 0.690. The van der Waals surface area contributed by atoms with Gasteiger partial charge in [0.05, 0.1) is 19.8 Å². The van der Waals surface area contributed by atoms with Gasteiger partial charge in [0.15, 0.2) is 0 Å². The summed E-state index contributed by atoms with van der Waals surface area (Å²) in [6.07, 6.45) is 2.39. The molecule has 0 amide bonds. The van der Waals surface area contributed by atoms with Crippen molar-refractivity contribution in [1.82, 2.24) is 5.16 Å². The Morgan fingerprint density at radius 2 is 1.94 bits per heavy atom.